The van der Waals surface area contributed by atoms with Gasteiger partial charge in [0.1, 0.15) is 6.04 Å². The molecule has 0 aromatic rings. The van der Waals surface area contributed by atoms with Crippen LogP contribution in [0.2, 0.25) is 0 Å². The molecule has 0 aromatic carbocycles. The van der Waals surface area contributed by atoms with Crippen molar-refractivity contribution < 1.29 is 24.2 Å². The van der Waals surface area contributed by atoms with Crippen molar-refractivity contribution in [2.75, 3.05) is 26.4 Å². The van der Waals surface area contributed by atoms with E-state index in [-0.39, 0.29) is 12.0 Å². The molecule has 0 aromatic heterocycles. The van der Waals surface area contributed by atoms with Gasteiger partial charge in [0.05, 0.1) is 25.9 Å². The summed E-state index contributed by atoms with van der Waals surface area (Å²) in [6.07, 6.45) is 0.221. The van der Waals surface area contributed by atoms with Crippen molar-refractivity contribution in [2.24, 2.45) is 5.92 Å². The molecule has 110 valence electrons. The van der Waals surface area contributed by atoms with Gasteiger partial charge < -0.3 is 25.2 Å². The second-order valence-electron chi connectivity index (χ2n) is 4.94. The number of carboxylic acid groups (broad SMARTS) is 1. The quantitative estimate of drug-likeness (QED) is 0.643. The third-order valence-corrected chi connectivity index (χ3v) is 2.69. The van der Waals surface area contributed by atoms with Crippen LogP contribution in [0.25, 0.3) is 0 Å². The molecule has 0 aliphatic carbocycles. The highest BCUT2D eigenvalue weighted by Gasteiger charge is 2.22. The molecule has 19 heavy (non-hydrogen) atoms. The summed E-state index contributed by atoms with van der Waals surface area (Å²) in [5.74, 6) is -0.836. The van der Waals surface area contributed by atoms with E-state index in [9.17, 15) is 9.59 Å². The number of urea groups is 1. The number of amides is 2. The first-order valence-corrected chi connectivity index (χ1v) is 6.45. The van der Waals surface area contributed by atoms with Gasteiger partial charge in [-0.15, -0.1) is 0 Å². The Labute approximate surface area is 112 Å². The third-order valence-electron chi connectivity index (χ3n) is 2.69. The molecule has 1 rings (SSSR count). The molecule has 0 saturated carbocycles. The van der Waals surface area contributed by atoms with Crippen LogP contribution in [0.15, 0.2) is 0 Å². The average Bonchev–Trinajstić information content (AvgIpc) is 2.36. The van der Waals surface area contributed by atoms with E-state index in [4.69, 9.17) is 14.6 Å². The van der Waals surface area contributed by atoms with Crippen molar-refractivity contribution in [1.82, 2.24) is 10.6 Å². The molecule has 0 spiro atoms. The van der Waals surface area contributed by atoms with E-state index < -0.39 is 18.0 Å². The minimum Gasteiger partial charge on any atom is -0.480 e. The van der Waals surface area contributed by atoms with E-state index in [0.717, 1.165) is 0 Å². The maximum absolute atomic E-state index is 11.6. The Hall–Kier alpha value is -1.34. The lowest BCUT2D eigenvalue weighted by molar-refractivity contribution is -0.139. The van der Waals surface area contributed by atoms with Crippen molar-refractivity contribution in [1.29, 1.82) is 0 Å². The zero-order chi connectivity index (χ0) is 14.3. The maximum atomic E-state index is 11.6. The number of rotatable bonds is 6. The predicted octanol–water partition coefficient (Wildman–Crippen LogP) is 0.200. The molecular formula is C12H22N2O5. The van der Waals surface area contributed by atoms with Crippen LogP contribution in [0.1, 0.15) is 20.3 Å². The van der Waals surface area contributed by atoms with Crippen molar-refractivity contribution in [2.45, 2.75) is 32.4 Å². The fraction of sp³-hybridized carbons (Fsp3) is 0.833. The van der Waals surface area contributed by atoms with Crippen LogP contribution in [-0.4, -0.2) is 55.6 Å². The summed E-state index contributed by atoms with van der Waals surface area (Å²) in [6, 6.07) is -1.37. The molecule has 7 heteroatoms. The summed E-state index contributed by atoms with van der Waals surface area (Å²) < 4.78 is 10.6. The molecule has 2 atom stereocenters. The van der Waals surface area contributed by atoms with Gasteiger partial charge in [-0.3, -0.25) is 0 Å². The summed E-state index contributed by atoms with van der Waals surface area (Å²) in [5, 5.41) is 14.0. The standard InChI is InChI=1S/C12H22N2O5/c1-8(2)5-10(11(15)16)14-12(17)13-6-9-7-18-3-4-19-9/h8-10H,3-7H2,1-2H3,(H,15,16)(H2,13,14,17). The topological polar surface area (TPSA) is 96.9 Å². The lowest BCUT2D eigenvalue weighted by Gasteiger charge is -2.23. The van der Waals surface area contributed by atoms with E-state index in [1.807, 2.05) is 13.8 Å². The Morgan fingerprint density at radius 3 is 2.63 bits per heavy atom. The number of carbonyl (C=O) groups is 2. The number of carbonyl (C=O) groups excluding carboxylic acids is 1. The normalized spacial score (nSPS) is 20.9. The van der Waals surface area contributed by atoms with Gasteiger partial charge in [-0.25, -0.2) is 9.59 Å². The minimum absolute atomic E-state index is 0.173. The lowest BCUT2D eigenvalue weighted by Crippen LogP contribution is -2.49. The molecule has 1 saturated heterocycles. The van der Waals surface area contributed by atoms with Gasteiger partial charge in [0, 0.05) is 6.54 Å². The van der Waals surface area contributed by atoms with E-state index in [1.54, 1.807) is 0 Å². The molecule has 1 fully saturated rings. The Morgan fingerprint density at radius 2 is 2.11 bits per heavy atom. The number of ether oxygens (including phenoxy) is 2. The van der Waals surface area contributed by atoms with Gasteiger partial charge in [0.15, 0.2) is 0 Å². The Morgan fingerprint density at radius 1 is 1.37 bits per heavy atom. The van der Waals surface area contributed by atoms with Crippen LogP contribution >= 0.6 is 0 Å². The van der Waals surface area contributed by atoms with Gasteiger partial charge in [-0.1, -0.05) is 13.8 Å². The molecule has 7 nitrogen and oxygen atoms in total. The molecule has 1 heterocycles. The highest BCUT2D eigenvalue weighted by molar-refractivity contribution is 5.82. The molecule has 2 unspecified atom stereocenters. The van der Waals surface area contributed by atoms with E-state index >= 15 is 0 Å². The zero-order valence-electron chi connectivity index (χ0n) is 11.3. The van der Waals surface area contributed by atoms with Crippen LogP contribution in [-0.2, 0) is 14.3 Å². The molecule has 0 radical (unpaired) electrons. The maximum Gasteiger partial charge on any atom is 0.326 e. The second kappa shape index (κ2) is 7.96. The first kappa shape index (κ1) is 15.7. The van der Waals surface area contributed by atoms with Crippen LogP contribution in [0.4, 0.5) is 4.79 Å². The smallest absolute Gasteiger partial charge is 0.326 e. The van der Waals surface area contributed by atoms with Crippen molar-refractivity contribution in [3.8, 4) is 0 Å². The van der Waals surface area contributed by atoms with Gasteiger partial charge in [-0.05, 0) is 12.3 Å². The van der Waals surface area contributed by atoms with E-state index in [0.29, 0.717) is 32.8 Å². The fourth-order valence-electron chi connectivity index (χ4n) is 1.76. The highest BCUT2D eigenvalue weighted by Crippen LogP contribution is 2.05. The number of hydrogen-bond acceptors (Lipinski definition) is 4. The molecule has 1 aliphatic heterocycles. The number of aliphatic carboxylic acids is 1. The summed E-state index contributed by atoms with van der Waals surface area (Å²) in [7, 11) is 0. The van der Waals surface area contributed by atoms with E-state index in [1.165, 1.54) is 0 Å². The van der Waals surface area contributed by atoms with Crippen LogP contribution in [0.3, 0.4) is 0 Å². The monoisotopic (exact) mass is 274 g/mol. The lowest BCUT2D eigenvalue weighted by atomic mass is 10.0. The average molecular weight is 274 g/mol. The van der Waals surface area contributed by atoms with Gasteiger partial charge in [0.2, 0.25) is 0 Å². The highest BCUT2D eigenvalue weighted by atomic mass is 16.6. The predicted molar refractivity (Wildman–Crippen MR) is 68.0 cm³/mol. The van der Waals surface area contributed by atoms with E-state index in [2.05, 4.69) is 10.6 Å². The summed E-state index contributed by atoms with van der Waals surface area (Å²) in [6.45, 7) is 5.64. The van der Waals surface area contributed by atoms with Crippen LogP contribution < -0.4 is 10.6 Å². The van der Waals surface area contributed by atoms with Gasteiger partial charge in [0.25, 0.3) is 0 Å². The molecule has 3 N–H and O–H groups in total. The van der Waals surface area contributed by atoms with Crippen molar-refractivity contribution in [3.63, 3.8) is 0 Å². The minimum atomic E-state index is -1.03. The summed E-state index contributed by atoms with van der Waals surface area (Å²) >= 11 is 0. The van der Waals surface area contributed by atoms with Crippen molar-refractivity contribution >= 4 is 12.0 Å². The fourth-order valence-corrected chi connectivity index (χ4v) is 1.76. The van der Waals surface area contributed by atoms with Crippen molar-refractivity contribution in [3.05, 3.63) is 0 Å². The Balaban J connectivity index is 2.29. The van der Waals surface area contributed by atoms with Gasteiger partial charge >= 0.3 is 12.0 Å². The largest absolute Gasteiger partial charge is 0.480 e. The summed E-state index contributed by atoms with van der Waals surface area (Å²) in [4.78, 5) is 22.6. The first-order chi connectivity index (χ1) is 8.99. The Bertz CT molecular complexity index is 302. The van der Waals surface area contributed by atoms with Crippen LogP contribution in [0.5, 0.6) is 0 Å². The Kier molecular flexibility index (Phi) is 6.58. The van der Waals surface area contributed by atoms with Gasteiger partial charge in [-0.2, -0.15) is 0 Å². The zero-order valence-corrected chi connectivity index (χ0v) is 11.3. The molecule has 0 bridgehead atoms. The number of nitrogens with one attached hydrogen (secondary N) is 2. The first-order valence-electron chi connectivity index (χ1n) is 6.45. The SMILES string of the molecule is CC(C)CC(NC(=O)NCC1COCCO1)C(=O)O. The second-order valence-corrected chi connectivity index (χ2v) is 4.94. The summed E-state index contributed by atoms with van der Waals surface area (Å²) in [5.41, 5.74) is 0. The number of carboxylic acids is 1. The third kappa shape index (κ3) is 6.40. The molecule has 2 amide bonds. The van der Waals surface area contributed by atoms with Crippen LogP contribution in [0, 0.1) is 5.92 Å². The molecule has 1 aliphatic rings. The molecular weight excluding hydrogens is 252 g/mol. The number of hydrogen-bond donors (Lipinski definition) is 3.